The molecular formula is C23H21ClN2O4S. The number of nitrogens with one attached hydrogen (secondary N) is 1. The van der Waals surface area contributed by atoms with E-state index in [4.69, 9.17) is 16.3 Å². The number of nitrogens with zero attached hydrogens (tertiary/aromatic N) is 1. The number of carbonyl (C=O) groups excluding carboxylic acids is 1. The molecule has 0 saturated heterocycles. The minimum atomic E-state index is -3.74. The molecular weight excluding hydrogens is 436 g/mol. The molecule has 0 spiro atoms. The second-order valence-corrected chi connectivity index (χ2v) is 9.46. The van der Waals surface area contributed by atoms with Crippen LogP contribution in [0.2, 0.25) is 5.02 Å². The van der Waals surface area contributed by atoms with E-state index in [1.165, 1.54) is 4.31 Å². The number of hydrogen-bond donors (Lipinski definition) is 1. The Morgan fingerprint density at radius 3 is 2.45 bits per heavy atom. The molecule has 0 saturated carbocycles. The summed E-state index contributed by atoms with van der Waals surface area (Å²) in [5.74, 6) is -0.228. The highest BCUT2D eigenvalue weighted by molar-refractivity contribution is 7.92. The van der Waals surface area contributed by atoms with E-state index in [1.54, 1.807) is 54.6 Å². The fourth-order valence-corrected chi connectivity index (χ4v) is 5.19. The zero-order valence-electron chi connectivity index (χ0n) is 16.6. The Labute approximate surface area is 186 Å². The molecule has 1 N–H and O–H groups in total. The van der Waals surface area contributed by atoms with Crippen LogP contribution in [0.5, 0.6) is 5.75 Å². The van der Waals surface area contributed by atoms with Crippen LogP contribution in [0.25, 0.3) is 0 Å². The molecule has 6 nitrogen and oxygen atoms in total. The molecule has 1 atom stereocenters. The predicted octanol–water partition coefficient (Wildman–Crippen LogP) is 3.75. The van der Waals surface area contributed by atoms with Crippen molar-refractivity contribution in [3.05, 3.63) is 95.0 Å². The summed E-state index contributed by atoms with van der Waals surface area (Å²) >= 11 is 6.15. The summed E-state index contributed by atoms with van der Waals surface area (Å²) in [5, 5.41) is 3.34. The topological polar surface area (TPSA) is 75.7 Å². The number of fused-ring (bicyclic) bond motifs is 1. The smallest absolute Gasteiger partial charge is 0.263 e. The zero-order chi connectivity index (χ0) is 21.8. The fourth-order valence-electron chi connectivity index (χ4n) is 3.40. The molecule has 0 fully saturated rings. The number of benzene rings is 3. The maximum atomic E-state index is 13.2. The molecule has 31 heavy (non-hydrogen) atoms. The van der Waals surface area contributed by atoms with Gasteiger partial charge in [-0.2, -0.15) is 0 Å². The van der Waals surface area contributed by atoms with Crippen LogP contribution in [-0.4, -0.2) is 27.0 Å². The molecule has 160 valence electrons. The van der Waals surface area contributed by atoms with Crippen molar-refractivity contribution in [3.8, 4) is 5.75 Å². The number of rotatable bonds is 6. The van der Waals surface area contributed by atoms with Crippen LogP contribution < -0.4 is 14.4 Å². The molecule has 3 aromatic carbocycles. The normalized spacial score (nSPS) is 15.6. The minimum Gasteiger partial charge on any atom is -0.476 e. The van der Waals surface area contributed by atoms with Crippen LogP contribution >= 0.6 is 11.6 Å². The van der Waals surface area contributed by atoms with Gasteiger partial charge in [-0.3, -0.25) is 9.10 Å². The molecule has 0 bridgehead atoms. The number of halogens is 1. The van der Waals surface area contributed by atoms with Gasteiger partial charge in [-0.25, -0.2) is 8.42 Å². The van der Waals surface area contributed by atoms with Gasteiger partial charge in [0.2, 0.25) is 10.0 Å². The highest BCUT2D eigenvalue weighted by Crippen LogP contribution is 2.35. The lowest BCUT2D eigenvalue weighted by molar-refractivity contribution is -0.127. The van der Waals surface area contributed by atoms with Crippen LogP contribution in [0.15, 0.2) is 78.9 Å². The first-order chi connectivity index (χ1) is 14.9. The maximum Gasteiger partial charge on any atom is 0.263 e. The van der Waals surface area contributed by atoms with E-state index in [0.29, 0.717) is 22.0 Å². The van der Waals surface area contributed by atoms with E-state index >= 15 is 0 Å². The second kappa shape index (κ2) is 8.99. The summed E-state index contributed by atoms with van der Waals surface area (Å²) in [5.41, 5.74) is 1.86. The minimum absolute atomic E-state index is 0.111. The van der Waals surface area contributed by atoms with E-state index in [9.17, 15) is 13.2 Å². The standard InChI is InChI=1S/C23H21ClN2O4S/c24-19-11-5-4-10-18(19)14-25-23(27)22-15-26(20-12-6-7-13-21(20)30-22)31(28,29)16-17-8-2-1-3-9-17/h1-13,22H,14-16H2,(H,25,27). The number of para-hydroxylation sites is 2. The van der Waals surface area contributed by atoms with Gasteiger partial charge in [0.25, 0.3) is 5.91 Å². The van der Waals surface area contributed by atoms with Crippen molar-refractivity contribution in [1.29, 1.82) is 0 Å². The van der Waals surface area contributed by atoms with Gasteiger partial charge in [-0.1, -0.05) is 72.3 Å². The third kappa shape index (κ3) is 4.84. The average molecular weight is 457 g/mol. The molecule has 0 aromatic heterocycles. The number of sulfonamides is 1. The van der Waals surface area contributed by atoms with Gasteiger partial charge in [0.15, 0.2) is 6.10 Å². The highest BCUT2D eigenvalue weighted by Gasteiger charge is 2.36. The summed E-state index contributed by atoms with van der Waals surface area (Å²) in [6.45, 7) is 0.108. The molecule has 1 heterocycles. The van der Waals surface area contributed by atoms with Gasteiger partial charge < -0.3 is 10.1 Å². The molecule has 8 heteroatoms. The van der Waals surface area contributed by atoms with Crippen molar-refractivity contribution >= 4 is 33.2 Å². The Morgan fingerprint density at radius 2 is 1.68 bits per heavy atom. The molecule has 1 amide bonds. The van der Waals surface area contributed by atoms with Crippen LogP contribution in [0.1, 0.15) is 11.1 Å². The Kier molecular flexibility index (Phi) is 6.15. The molecule has 1 unspecified atom stereocenters. The molecule has 1 aliphatic rings. The monoisotopic (exact) mass is 456 g/mol. The Hall–Kier alpha value is -3.03. The SMILES string of the molecule is O=C(NCc1ccccc1Cl)C1CN(S(=O)(=O)Cc2ccccc2)c2ccccc2O1. The van der Waals surface area contributed by atoms with Gasteiger partial charge in [0, 0.05) is 11.6 Å². The lowest BCUT2D eigenvalue weighted by Gasteiger charge is -2.34. The Morgan fingerprint density at radius 1 is 1.00 bits per heavy atom. The number of hydrogen-bond acceptors (Lipinski definition) is 4. The lowest BCUT2D eigenvalue weighted by Crippen LogP contribution is -2.50. The highest BCUT2D eigenvalue weighted by atomic mass is 35.5. The Bertz CT molecular complexity index is 1180. The number of anilines is 1. The average Bonchev–Trinajstić information content (AvgIpc) is 2.78. The molecule has 0 radical (unpaired) electrons. The summed E-state index contributed by atoms with van der Waals surface area (Å²) in [6.07, 6.45) is -0.983. The number of carbonyl (C=O) groups is 1. The quantitative estimate of drug-likeness (QED) is 0.613. The van der Waals surface area contributed by atoms with Gasteiger partial charge >= 0.3 is 0 Å². The van der Waals surface area contributed by atoms with E-state index in [0.717, 1.165) is 5.56 Å². The van der Waals surface area contributed by atoms with Crippen molar-refractivity contribution in [3.63, 3.8) is 0 Å². The predicted molar refractivity (Wildman–Crippen MR) is 121 cm³/mol. The van der Waals surface area contributed by atoms with Crippen molar-refractivity contribution in [2.24, 2.45) is 0 Å². The molecule has 4 rings (SSSR count). The van der Waals surface area contributed by atoms with Crippen LogP contribution in [0.3, 0.4) is 0 Å². The van der Waals surface area contributed by atoms with Crippen molar-refractivity contribution in [2.75, 3.05) is 10.8 Å². The first-order valence-corrected chi connectivity index (χ1v) is 11.7. The van der Waals surface area contributed by atoms with Crippen LogP contribution in [0, 0.1) is 0 Å². The van der Waals surface area contributed by atoms with E-state index in [-0.39, 0.29) is 18.8 Å². The molecule has 0 aliphatic carbocycles. The molecule has 3 aromatic rings. The number of ether oxygens (including phenoxy) is 1. The van der Waals surface area contributed by atoms with Gasteiger partial charge in [0.1, 0.15) is 5.75 Å². The first kappa shape index (κ1) is 21.2. The molecule has 1 aliphatic heterocycles. The second-order valence-electron chi connectivity index (χ2n) is 7.16. The summed E-state index contributed by atoms with van der Waals surface area (Å²) in [6, 6.07) is 23.0. The number of amides is 1. The van der Waals surface area contributed by atoms with Gasteiger partial charge in [-0.15, -0.1) is 0 Å². The fraction of sp³-hybridized carbons (Fsp3) is 0.174. The summed E-state index contributed by atoms with van der Waals surface area (Å²) in [4.78, 5) is 12.8. The van der Waals surface area contributed by atoms with Gasteiger partial charge in [-0.05, 0) is 29.3 Å². The third-order valence-corrected chi connectivity index (χ3v) is 7.05. The van der Waals surface area contributed by atoms with E-state index < -0.39 is 22.0 Å². The van der Waals surface area contributed by atoms with Crippen LogP contribution in [-0.2, 0) is 27.1 Å². The van der Waals surface area contributed by atoms with Crippen molar-refractivity contribution in [2.45, 2.75) is 18.4 Å². The first-order valence-electron chi connectivity index (χ1n) is 9.75. The third-order valence-electron chi connectivity index (χ3n) is 4.97. The van der Waals surface area contributed by atoms with E-state index in [2.05, 4.69) is 5.32 Å². The summed E-state index contributed by atoms with van der Waals surface area (Å²) < 4.78 is 33.6. The maximum absolute atomic E-state index is 13.2. The zero-order valence-corrected chi connectivity index (χ0v) is 18.1. The Balaban J connectivity index is 1.55. The summed E-state index contributed by atoms with van der Waals surface area (Å²) in [7, 11) is -3.74. The van der Waals surface area contributed by atoms with Crippen molar-refractivity contribution in [1.82, 2.24) is 5.32 Å². The largest absolute Gasteiger partial charge is 0.476 e. The van der Waals surface area contributed by atoms with Gasteiger partial charge in [0.05, 0.1) is 18.0 Å². The van der Waals surface area contributed by atoms with Crippen LogP contribution in [0.4, 0.5) is 5.69 Å². The van der Waals surface area contributed by atoms with Crippen molar-refractivity contribution < 1.29 is 17.9 Å². The lowest BCUT2D eigenvalue weighted by atomic mass is 10.2. The van der Waals surface area contributed by atoms with E-state index in [1.807, 2.05) is 24.3 Å².